The van der Waals surface area contributed by atoms with Crippen molar-refractivity contribution in [2.45, 2.75) is 42.6 Å². The van der Waals surface area contributed by atoms with Crippen molar-refractivity contribution in [3.63, 3.8) is 0 Å². The summed E-state index contributed by atoms with van der Waals surface area (Å²) in [5, 5.41) is 10.6. The maximum Gasteiger partial charge on any atom is 0.191 e. The Kier molecular flexibility index (Phi) is 4.83. The van der Waals surface area contributed by atoms with E-state index in [1.165, 1.54) is 19.3 Å². The second-order valence-corrected chi connectivity index (χ2v) is 6.86. The molecule has 1 aliphatic heterocycles. The third kappa shape index (κ3) is 3.42. The lowest BCUT2D eigenvalue weighted by Crippen LogP contribution is -2.11. The van der Waals surface area contributed by atoms with Gasteiger partial charge in [-0.15, -0.1) is 10.2 Å². The van der Waals surface area contributed by atoms with Gasteiger partial charge in [0, 0.05) is 29.8 Å². The number of hydrogen-bond donors (Lipinski definition) is 1. The SMILES string of the molecule is NCC(Sc1nnc2n1CCCCC2)c1cccc(Cl)c1. The summed E-state index contributed by atoms with van der Waals surface area (Å²) in [6.07, 6.45) is 4.70. The Morgan fingerprint density at radius 1 is 1.29 bits per heavy atom. The summed E-state index contributed by atoms with van der Waals surface area (Å²) in [7, 11) is 0. The number of aryl methyl sites for hydroxylation is 1. The molecule has 1 unspecified atom stereocenters. The molecule has 6 heteroatoms. The maximum atomic E-state index is 6.08. The summed E-state index contributed by atoms with van der Waals surface area (Å²) < 4.78 is 2.25. The van der Waals surface area contributed by atoms with Gasteiger partial charge in [-0.2, -0.15) is 0 Å². The molecule has 0 amide bonds. The first-order chi connectivity index (χ1) is 10.3. The Balaban J connectivity index is 1.83. The molecule has 1 aromatic carbocycles. The second-order valence-electron chi connectivity index (χ2n) is 5.26. The molecule has 2 heterocycles. The van der Waals surface area contributed by atoms with Crippen LogP contribution < -0.4 is 5.73 Å². The highest BCUT2D eigenvalue weighted by molar-refractivity contribution is 7.99. The number of rotatable bonds is 4. The first-order valence-electron chi connectivity index (χ1n) is 7.32. The molecule has 0 aliphatic carbocycles. The number of aromatic nitrogens is 3. The molecule has 2 aromatic rings. The lowest BCUT2D eigenvalue weighted by molar-refractivity contribution is 0.590. The standard InChI is InChI=1S/C15H19ClN4S/c16-12-6-4-5-11(9-12)13(10-17)21-15-19-18-14-7-2-1-3-8-20(14)15/h4-6,9,13H,1-3,7-8,10,17H2. The fourth-order valence-corrected chi connectivity index (χ4v) is 3.88. The summed E-state index contributed by atoms with van der Waals surface area (Å²) in [6, 6.07) is 7.89. The van der Waals surface area contributed by atoms with Crippen LogP contribution in [0.4, 0.5) is 0 Å². The van der Waals surface area contributed by atoms with Gasteiger partial charge < -0.3 is 10.3 Å². The van der Waals surface area contributed by atoms with E-state index in [0.717, 1.165) is 34.5 Å². The molecule has 1 atom stereocenters. The van der Waals surface area contributed by atoms with Crippen molar-refractivity contribution in [3.05, 3.63) is 40.7 Å². The van der Waals surface area contributed by atoms with Crippen LogP contribution in [0.1, 0.15) is 35.9 Å². The average Bonchev–Trinajstić information content (AvgIpc) is 2.71. The van der Waals surface area contributed by atoms with Crippen LogP contribution in [0.2, 0.25) is 5.02 Å². The van der Waals surface area contributed by atoms with E-state index in [9.17, 15) is 0 Å². The fourth-order valence-electron chi connectivity index (χ4n) is 2.63. The lowest BCUT2D eigenvalue weighted by Gasteiger charge is -2.15. The predicted molar refractivity (Wildman–Crippen MR) is 86.7 cm³/mol. The summed E-state index contributed by atoms with van der Waals surface area (Å²) in [4.78, 5) is 0. The van der Waals surface area contributed by atoms with E-state index in [0.29, 0.717) is 6.54 Å². The van der Waals surface area contributed by atoms with Gasteiger partial charge in [0.25, 0.3) is 0 Å². The summed E-state index contributed by atoms with van der Waals surface area (Å²) in [5.41, 5.74) is 7.10. The predicted octanol–water partition coefficient (Wildman–Crippen LogP) is 3.45. The van der Waals surface area contributed by atoms with Gasteiger partial charge in [0.2, 0.25) is 0 Å². The van der Waals surface area contributed by atoms with Gasteiger partial charge in [-0.1, -0.05) is 41.9 Å². The van der Waals surface area contributed by atoms with Crippen LogP contribution in [0.3, 0.4) is 0 Å². The van der Waals surface area contributed by atoms with Crippen LogP contribution >= 0.6 is 23.4 Å². The first kappa shape index (κ1) is 14.9. The second kappa shape index (κ2) is 6.81. The van der Waals surface area contributed by atoms with E-state index in [2.05, 4.69) is 20.8 Å². The summed E-state index contributed by atoms with van der Waals surface area (Å²) in [5.74, 6) is 1.11. The first-order valence-corrected chi connectivity index (χ1v) is 8.58. The molecule has 0 saturated heterocycles. The smallest absolute Gasteiger partial charge is 0.191 e. The minimum atomic E-state index is 0.153. The molecule has 0 saturated carbocycles. The molecular formula is C15H19ClN4S. The Morgan fingerprint density at radius 2 is 2.19 bits per heavy atom. The van der Waals surface area contributed by atoms with Crippen LogP contribution in [0.5, 0.6) is 0 Å². The number of nitrogens with two attached hydrogens (primary N) is 1. The molecule has 1 aliphatic rings. The van der Waals surface area contributed by atoms with Crippen LogP contribution in [-0.4, -0.2) is 21.3 Å². The van der Waals surface area contributed by atoms with Crippen molar-refractivity contribution in [2.24, 2.45) is 5.73 Å². The van der Waals surface area contributed by atoms with E-state index < -0.39 is 0 Å². The Bertz CT molecular complexity index is 613. The molecule has 21 heavy (non-hydrogen) atoms. The van der Waals surface area contributed by atoms with Crippen molar-refractivity contribution in [1.29, 1.82) is 0 Å². The van der Waals surface area contributed by atoms with Crippen molar-refractivity contribution in [2.75, 3.05) is 6.54 Å². The third-order valence-corrected chi connectivity index (χ3v) is 5.25. The average molecular weight is 323 g/mol. The van der Waals surface area contributed by atoms with Crippen molar-refractivity contribution < 1.29 is 0 Å². The highest BCUT2D eigenvalue weighted by atomic mass is 35.5. The summed E-state index contributed by atoms with van der Waals surface area (Å²) in [6.45, 7) is 1.56. The van der Waals surface area contributed by atoms with E-state index in [4.69, 9.17) is 17.3 Å². The van der Waals surface area contributed by atoms with Gasteiger partial charge in [-0.25, -0.2) is 0 Å². The number of thioether (sulfide) groups is 1. The van der Waals surface area contributed by atoms with Crippen molar-refractivity contribution in [3.8, 4) is 0 Å². The van der Waals surface area contributed by atoms with Gasteiger partial charge in [0.1, 0.15) is 5.82 Å². The minimum absolute atomic E-state index is 0.153. The molecule has 2 N–H and O–H groups in total. The van der Waals surface area contributed by atoms with Crippen LogP contribution in [-0.2, 0) is 13.0 Å². The molecule has 1 aromatic heterocycles. The highest BCUT2D eigenvalue weighted by Crippen LogP contribution is 2.35. The van der Waals surface area contributed by atoms with Gasteiger partial charge in [-0.3, -0.25) is 0 Å². The van der Waals surface area contributed by atoms with Crippen molar-refractivity contribution >= 4 is 23.4 Å². The molecule has 0 fully saturated rings. The molecule has 3 rings (SSSR count). The van der Waals surface area contributed by atoms with E-state index in [1.54, 1.807) is 11.8 Å². The topological polar surface area (TPSA) is 56.7 Å². The fraction of sp³-hybridized carbons (Fsp3) is 0.467. The number of benzene rings is 1. The number of nitrogens with zero attached hydrogens (tertiary/aromatic N) is 3. The quantitative estimate of drug-likeness (QED) is 0.876. The van der Waals surface area contributed by atoms with E-state index in [-0.39, 0.29) is 5.25 Å². The zero-order valence-corrected chi connectivity index (χ0v) is 13.4. The van der Waals surface area contributed by atoms with Gasteiger partial charge in [-0.05, 0) is 30.5 Å². The Morgan fingerprint density at radius 3 is 3.00 bits per heavy atom. The van der Waals surface area contributed by atoms with Crippen LogP contribution in [0.25, 0.3) is 0 Å². The molecule has 112 valence electrons. The molecule has 0 bridgehead atoms. The lowest BCUT2D eigenvalue weighted by atomic mass is 10.1. The largest absolute Gasteiger partial charge is 0.329 e. The van der Waals surface area contributed by atoms with E-state index in [1.807, 2.05) is 18.2 Å². The molecule has 4 nitrogen and oxygen atoms in total. The van der Waals surface area contributed by atoms with Gasteiger partial charge >= 0.3 is 0 Å². The molecular weight excluding hydrogens is 304 g/mol. The minimum Gasteiger partial charge on any atom is -0.329 e. The van der Waals surface area contributed by atoms with Gasteiger partial charge in [0.05, 0.1) is 0 Å². The van der Waals surface area contributed by atoms with Gasteiger partial charge in [0.15, 0.2) is 5.16 Å². The Labute approximate surface area is 134 Å². The van der Waals surface area contributed by atoms with Crippen LogP contribution in [0, 0.1) is 0 Å². The number of halogens is 1. The maximum absolute atomic E-state index is 6.08. The zero-order chi connectivity index (χ0) is 14.7. The highest BCUT2D eigenvalue weighted by Gasteiger charge is 2.19. The number of hydrogen-bond acceptors (Lipinski definition) is 4. The summed E-state index contributed by atoms with van der Waals surface area (Å²) >= 11 is 7.77. The zero-order valence-electron chi connectivity index (χ0n) is 11.8. The number of fused-ring (bicyclic) bond motifs is 1. The third-order valence-electron chi connectivity index (χ3n) is 3.76. The molecule has 0 spiro atoms. The normalized spacial score (nSPS) is 16.3. The van der Waals surface area contributed by atoms with Crippen LogP contribution in [0.15, 0.2) is 29.4 Å². The van der Waals surface area contributed by atoms with Crippen molar-refractivity contribution in [1.82, 2.24) is 14.8 Å². The monoisotopic (exact) mass is 322 g/mol. The Hall–Kier alpha value is -1.04. The van der Waals surface area contributed by atoms with E-state index >= 15 is 0 Å². The molecule has 0 radical (unpaired) electrons.